The van der Waals surface area contributed by atoms with Crippen LogP contribution in [0.25, 0.3) is 11.5 Å². The number of benzene rings is 1. The Bertz CT molecular complexity index is 914. The van der Waals surface area contributed by atoms with Crippen molar-refractivity contribution < 1.29 is 18.5 Å². The van der Waals surface area contributed by atoms with Gasteiger partial charge in [0.25, 0.3) is 5.91 Å². The van der Waals surface area contributed by atoms with Crippen molar-refractivity contribution in [1.82, 2.24) is 15.8 Å². The van der Waals surface area contributed by atoms with Crippen molar-refractivity contribution in [3.63, 3.8) is 0 Å². The highest BCUT2D eigenvalue weighted by Gasteiger charge is 2.29. The summed E-state index contributed by atoms with van der Waals surface area (Å²) in [5, 5.41) is 9.50. The van der Waals surface area contributed by atoms with E-state index in [-0.39, 0.29) is 17.6 Å². The molecule has 0 bridgehead atoms. The van der Waals surface area contributed by atoms with Gasteiger partial charge in [0.05, 0.1) is 6.26 Å². The minimum atomic E-state index is -0.690. The molecule has 1 aliphatic carbocycles. The standard InChI is InChI=1S/C20H19N3O4/c24-19(21-14-8-9-14)15(11-13-5-2-1-3-6-13)22-20(25)16-12-18(27-23-16)17-7-4-10-26-17/h1-7,10,12,14-15H,8-9,11H2,(H,21,24)(H,22,25). The number of nitrogens with zero attached hydrogens (tertiary/aromatic N) is 1. The van der Waals surface area contributed by atoms with Crippen LogP contribution in [0.1, 0.15) is 28.9 Å². The van der Waals surface area contributed by atoms with Crippen molar-refractivity contribution in [2.24, 2.45) is 0 Å². The molecule has 0 aliphatic heterocycles. The van der Waals surface area contributed by atoms with Gasteiger partial charge in [-0.3, -0.25) is 9.59 Å². The lowest BCUT2D eigenvalue weighted by molar-refractivity contribution is -0.123. The van der Waals surface area contributed by atoms with Crippen molar-refractivity contribution in [3.8, 4) is 11.5 Å². The number of rotatable bonds is 7. The van der Waals surface area contributed by atoms with E-state index in [1.54, 1.807) is 12.1 Å². The van der Waals surface area contributed by atoms with Gasteiger partial charge in [-0.25, -0.2) is 0 Å². The van der Waals surface area contributed by atoms with Crippen LogP contribution in [0.2, 0.25) is 0 Å². The summed E-state index contributed by atoms with van der Waals surface area (Å²) in [5.41, 5.74) is 1.06. The molecule has 1 aromatic carbocycles. The van der Waals surface area contributed by atoms with Gasteiger partial charge in [-0.15, -0.1) is 0 Å². The molecule has 138 valence electrons. The third-order valence-corrected chi connectivity index (χ3v) is 4.34. The van der Waals surface area contributed by atoms with E-state index in [2.05, 4.69) is 15.8 Å². The van der Waals surface area contributed by atoms with Gasteiger partial charge in [0.2, 0.25) is 11.7 Å². The second kappa shape index (κ2) is 7.49. The van der Waals surface area contributed by atoms with Crippen molar-refractivity contribution in [1.29, 1.82) is 0 Å². The summed E-state index contributed by atoms with van der Waals surface area (Å²) in [6.07, 6.45) is 3.87. The Morgan fingerprint density at radius 3 is 2.63 bits per heavy atom. The number of hydrogen-bond acceptors (Lipinski definition) is 5. The van der Waals surface area contributed by atoms with Crippen LogP contribution in [-0.2, 0) is 11.2 Å². The number of carbonyl (C=O) groups excluding carboxylic acids is 2. The summed E-state index contributed by atoms with van der Waals surface area (Å²) in [6, 6.07) is 14.0. The lowest BCUT2D eigenvalue weighted by Crippen LogP contribution is -2.48. The van der Waals surface area contributed by atoms with Crippen LogP contribution in [0.15, 0.2) is 63.7 Å². The molecule has 1 unspecified atom stereocenters. The lowest BCUT2D eigenvalue weighted by Gasteiger charge is -2.18. The molecule has 1 atom stereocenters. The normalized spacial score (nSPS) is 14.5. The molecule has 7 nitrogen and oxygen atoms in total. The first kappa shape index (κ1) is 17.1. The Morgan fingerprint density at radius 2 is 1.93 bits per heavy atom. The maximum Gasteiger partial charge on any atom is 0.274 e. The van der Waals surface area contributed by atoms with E-state index < -0.39 is 11.9 Å². The fourth-order valence-electron chi connectivity index (χ4n) is 2.74. The maximum atomic E-state index is 12.6. The van der Waals surface area contributed by atoms with Gasteiger partial charge in [-0.1, -0.05) is 35.5 Å². The largest absolute Gasteiger partial charge is 0.461 e. The van der Waals surface area contributed by atoms with Gasteiger partial charge in [0, 0.05) is 18.5 Å². The number of carbonyl (C=O) groups is 2. The van der Waals surface area contributed by atoms with Crippen molar-refractivity contribution in [2.75, 3.05) is 0 Å². The number of hydrogen-bond donors (Lipinski definition) is 2. The van der Waals surface area contributed by atoms with Crippen LogP contribution in [0, 0.1) is 0 Å². The fraction of sp³-hybridized carbons (Fsp3) is 0.250. The number of furan rings is 1. The van der Waals surface area contributed by atoms with E-state index in [1.807, 2.05) is 30.3 Å². The third kappa shape index (κ3) is 4.25. The van der Waals surface area contributed by atoms with E-state index in [0.29, 0.717) is 17.9 Å². The van der Waals surface area contributed by atoms with Crippen LogP contribution in [0.5, 0.6) is 0 Å². The average Bonchev–Trinajstić information content (AvgIpc) is 3.15. The first-order valence-electron chi connectivity index (χ1n) is 8.85. The molecule has 2 amide bonds. The SMILES string of the molecule is O=C(NC(Cc1ccccc1)C(=O)NC1CC1)c1cc(-c2ccco2)on1. The molecule has 2 aromatic heterocycles. The smallest absolute Gasteiger partial charge is 0.274 e. The summed E-state index contributed by atoms with van der Waals surface area (Å²) in [6.45, 7) is 0. The monoisotopic (exact) mass is 365 g/mol. The number of nitrogens with one attached hydrogen (secondary N) is 2. The third-order valence-electron chi connectivity index (χ3n) is 4.34. The first-order chi connectivity index (χ1) is 13.2. The fourth-order valence-corrected chi connectivity index (χ4v) is 2.74. The van der Waals surface area contributed by atoms with Gasteiger partial charge in [-0.2, -0.15) is 0 Å². The van der Waals surface area contributed by atoms with E-state index >= 15 is 0 Å². The zero-order valence-electron chi connectivity index (χ0n) is 14.6. The van der Waals surface area contributed by atoms with Crippen molar-refractivity contribution in [2.45, 2.75) is 31.3 Å². The highest BCUT2D eigenvalue weighted by atomic mass is 16.5. The molecule has 0 saturated heterocycles. The van der Waals surface area contributed by atoms with Crippen molar-refractivity contribution in [3.05, 3.63) is 66.1 Å². The van der Waals surface area contributed by atoms with Gasteiger partial charge in [-0.05, 0) is 30.5 Å². The lowest BCUT2D eigenvalue weighted by atomic mass is 10.0. The highest BCUT2D eigenvalue weighted by Crippen LogP contribution is 2.21. The molecule has 1 aliphatic rings. The maximum absolute atomic E-state index is 12.6. The molecule has 7 heteroatoms. The Balaban J connectivity index is 1.48. The van der Waals surface area contributed by atoms with Gasteiger partial charge < -0.3 is 19.6 Å². The van der Waals surface area contributed by atoms with Crippen LogP contribution >= 0.6 is 0 Å². The molecule has 3 aromatic rings. The van der Waals surface area contributed by atoms with E-state index in [4.69, 9.17) is 8.94 Å². The Kier molecular flexibility index (Phi) is 4.74. The van der Waals surface area contributed by atoms with E-state index in [9.17, 15) is 9.59 Å². The second-order valence-electron chi connectivity index (χ2n) is 6.55. The summed E-state index contributed by atoms with van der Waals surface area (Å²) in [7, 11) is 0. The number of aromatic nitrogens is 1. The molecular weight excluding hydrogens is 346 g/mol. The Hall–Kier alpha value is -3.35. The van der Waals surface area contributed by atoms with Gasteiger partial charge in [0.15, 0.2) is 11.5 Å². The quantitative estimate of drug-likeness (QED) is 0.671. The summed E-state index contributed by atoms with van der Waals surface area (Å²) >= 11 is 0. The second-order valence-corrected chi connectivity index (χ2v) is 6.55. The molecule has 2 N–H and O–H groups in total. The molecule has 1 saturated carbocycles. The van der Waals surface area contributed by atoms with Gasteiger partial charge >= 0.3 is 0 Å². The zero-order chi connectivity index (χ0) is 18.6. The van der Waals surface area contributed by atoms with Crippen molar-refractivity contribution >= 4 is 11.8 Å². The van der Waals surface area contributed by atoms with Crippen LogP contribution in [0.3, 0.4) is 0 Å². The topological polar surface area (TPSA) is 97.4 Å². The predicted molar refractivity (Wildman–Crippen MR) is 96.8 cm³/mol. The van der Waals surface area contributed by atoms with Crippen LogP contribution in [-0.4, -0.2) is 29.1 Å². The Labute approximate surface area is 155 Å². The molecule has 0 radical (unpaired) electrons. The summed E-state index contributed by atoms with van der Waals surface area (Å²) < 4.78 is 10.4. The molecule has 4 rings (SSSR count). The summed E-state index contributed by atoms with van der Waals surface area (Å²) in [4.78, 5) is 25.2. The minimum Gasteiger partial charge on any atom is -0.461 e. The highest BCUT2D eigenvalue weighted by molar-refractivity contribution is 5.96. The summed E-state index contributed by atoms with van der Waals surface area (Å²) in [5.74, 6) is 0.175. The first-order valence-corrected chi connectivity index (χ1v) is 8.85. The number of amides is 2. The van der Waals surface area contributed by atoms with Crippen LogP contribution in [0.4, 0.5) is 0 Å². The molecule has 1 fully saturated rings. The predicted octanol–water partition coefficient (Wildman–Crippen LogP) is 2.55. The van der Waals surface area contributed by atoms with Gasteiger partial charge in [0.1, 0.15) is 6.04 Å². The minimum absolute atomic E-state index is 0.0960. The molecule has 27 heavy (non-hydrogen) atoms. The van der Waals surface area contributed by atoms with E-state index in [0.717, 1.165) is 18.4 Å². The van der Waals surface area contributed by atoms with Crippen LogP contribution < -0.4 is 10.6 Å². The molecule has 2 heterocycles. The average molecular weight is 365 g/mol. The zero-order valence-corrected chi connectivity index (χ0v) is 14.6. The molecular formula is C20H19N3O4. The molecule has 0 spiro atoms. The van der Waals surface area contributed by atoms with E-state index in [1.165, 1.54) is 12.3 Å². The Morgan fingerprint density at radius 1 is 1.11 bits per heavy atom.